The lowest BCUT2D eigenvalue weighted by Crippen LogP contribution is -2.31. The average molecular weight is 360 g/mol. The van der Waals surface area contributed by atoms with E-state index >= 15 is 0 Å². The first kappa shape index (κ1) is 16.6. The smallest absolute Gasteiger partial charge is 0.422 e. The number of nitrogens with zero attached hydrogens (tertiary/aromatic N) is 2. The Morgan fingerprint density at radius 3 is 2.67 bits per heavy atom. The molecule has 0 aromatic carbocycles. The van der Waals surface area contributed by atoms with E-state index in [0.29, 0.717) is 0 Å². The highest BCUT2D eigenvalue weighted by molar-refractivity contribution is 7.13. The zero-order valence-corrected chi connectivity index (χ0v) is 14.5. The molecule has 2 fully saturated rings. The second-order valence-corrected chi connectivity index (χ2v) is 8.39. The Labute approximate surface area is 144 Å². The first-order valence-corrected chi connectivity index (χ1v) is 9.72. The van der Waals surface area contributed by atoms with Gasteiger partial charge in [-0.1, -0.05) is 24.2 Å². The zero-order valence-electron chi connectivity index (χ0n) is 13.6. The van der Waals surface area contributed by atoms with Gasteiger partial charge in [0.15, 0.2) is 6.61 Å². The molecule has 2 saturated carbocycles. The van der Waals surface area contributed by atoms with Crippen LogP contribution in [0.5, 0.6) is 5.19 Å². The molecule has 0 N–H and O–H groups in total. The van der Waals surface area contributed by atoms with Crippen molar-refractivity contribution in [1.82, 2.24) is 9.88 Å². The third kappa shape index (κ3) is 3.72. The number of aromatic nitrogens is 1. The highest BCUT2D eigenvalue weighted by Crippen LogP contribution is 2.57. The number of halogens is 3. The van der Waals surface area contributed by atoms with Crippen molar-refractivity contribution in [2.75, 3.05) is 19.7 Å². The summed E-state index contributed by atoms with van der Waals surface area (Å²) in [5.41, 5.74) is 0.914. The van der Waals surface area contributed by atoms with Crippen LogP contribution in [-0.4, -0.2) is 35.8 Å². The molecule has 0 saturated heterocycles. The van der Waals surface area contributed by atoms with E-state index in [4.69, 9.17) is 4.74 Å². The molecule has 0 spiro atoms. The van der Waals surface area contributed by atoms with Gasteiger partial charge in [0.25, 0.3) is 5.19 Å². The fraction of sp³-hybridized carbons (Fsp3) is 0.824. The van der Waals surface area contributed by atoms with Crippen molar-refractivity contribution in [2.24, 2.45) is 17.8 Å². The fourth-order valence-electron chi connectivity index (χ4n) is 4.53. The second-order valence-electron chi connectivity index (χ2n) is 7.34. The molecule has 134 valence electrons. The zero-order chi connectivity index (χ0) is 16.7. The van der Waals surface area contributed by atoms with Crippen LogP contribution < -0.4 is 4.74 Å². The lowest BCUT2D eigenvalue weighted by Gasteiger charge is -2.25. The maximum absolute atomic E-state index is 12.2. The molecule has 3 atom stereocenters. The van der Waals surface area contributed by atoms with Gasteiger partial charge in [0, 0.05) is 18.0 Å². The minimum absolute atomic E-state index is 0.160. The summed E-state index contributed by atoms with van der Waals surface area (Å²) < 4.78 is 41.5. The van der Waals surface area contributed by atoms with Crippen LogP contribution in [-0.2, 0) is 13.0 Å². The van der Waals surface area contributed by atoms with Gasteiger partial charge < -0.3 is 4.74 Å². The van der Waals surface area contributed by atoms with Gasteiger partial charge in [-0.3, -0.25) is 4.90 Å². The first-order chi connectivity index (χ1) is 11.5. The SMILES string of the molecule is FC(F)(F)COc1nc2c(s1)CCN(CCC1C3CCCC[C@H]31)C2. The first-order valence-electron chi connectivity index (χ1n) is 8.90. The van der Waals surface area contributed by atoms with E-state index in [1.807, 2.05) is 0 Å². The van der Waals surface area contributed by atoms with Gasteiger partial charge in [-0.15, -0.1) is 0 Å². The number of ether oxygens (including phenoxy) is 1. The van der Waals surface area contributed by atoms with Crippen molar-refractivity contribution in [3.05, 3.63) is 10.6 Å². The van der Waals surface area contributed by atoms with Gasteiger partial charge in [0.2, 0.25) is 0 Å². The van der Waals surface area contributed by atoms with Crippen molar-refractivity contribution in [1.29, 1.82) is 0 Å². The minimum atomic E-state index is -4.31. The van der Waals surface area contributed by atoms with Crippen LogP contribution in [0.1, 0.15) is 42.7 Å². The maximum Gasteiger partial charge on any atom is 0.422 e. The lowest BCUT2D eigenvalue weighted by molar-refractivity contribution is -0.153. The van der Waals surface area contributed by atoms with E-state index in [1.165, 1.54) is 43.4 Å². The Hall–Kier alpha value is -0.820. The summed E-state index contributed by atoms with van der Waals surface area (Å²) in [7, 11) is 0. The molecule has 1 aromatic rings. The average Bonchev–Trinajstić information content (AvgIpc) is 3.09. The van der Waals surface area contributed by atoms with Gasteiger partial charge >= 0.3 is 6.18 Å². The highest BCUT2D eigenvalue weighted by Gasteiger charge is 2.49. The van der Waals surface area contributed by atoms with Crippen molar-refractivity contribution < 1.29 is 17.9 Å². The molecule has 2 heterocycles. The van der Waals surface area contributed by atoms with Crippen molar-refractivity contribution in [3.8, 4) is 5.19 Å². The standard InChI is InChI=1S/C17H23F3N2OS/c18-17(19,20)10-23-16-21-14-9-22(8-6-15(14)24-16)7-5-13-11-3-1-2-4-12(11)13/h11-13H,1-10H2/t11-,12?,13?/m1/s1. The van der Waals surface area contributed by atoms with E-state index in [9.17, 15) is 13.2 Å². The molecule has 2 aliphatic carbocycles. The Kier molecular flexibility index (Phi) is 4.49. The molecule has 1 aliphatic heterocycles. The van der Waals surface area contributed by atoms with Crippen LogP contribution in [0, 0.1) is 17.8 Å². The molecule has 2 unspecified atom stereocenters. The highest BCUT2D eigenvalue weighted by atomic mass is 32.1. The van der Waals surface area contributed by atoms with Crippen molar-refractivity contribution >= 4 is 11.3 Å². The van der Waals surface area contributed by atoms with E-state index in [0.717, 1.165) is 54.4 Å². The molecule has 1 aromatic heterocycles. The summed E-state index contributed by atoms with van der Waals surface area (Å²) in [6.07, 6.45) is 3.50. The van der Waals surface area contributed by atoms with Crippen molar-refractivity contribution in [3.63, 3.8) is 0 Å². The molecule has 24 heavy (non-hydrogen) atoms. The van der Waals surface area contributed by atoms with E-state index in [1.54, 1.807) is 0 Å². The fourth-order valence-corrected chi connectivity index (χ4v) is 5.43. The molecular formula is C17H23F3N2OS. The van der Waals surface area contributed by atoms with Crippen LogP contribution in [0.25, 0.3) is 0 Å². The predicted octanol–water partition coefficient (Wildman–Crippen LogP) is 4.27. The number of hydrogen-bond acceptors (Lipinski definition) is 4. The normalized spacial score (nSPS) is 29.9. The van der Waals surface area contributed by atoms with Gasteiger partial charge in [-0.25, -0.2) is 4.98 Å². The Balaban J connectivity index is 1.27. The number of thiazole rings is 1. The molecular weight excluding hydrogens is 337 g/mol. The van der Waals surface area contributed by atoms with Crippen LogP contribution >= 0.6 is 11.3 Å². The minimum Gasteiger partial charge on any atom is -0.460 e. The van der Waals surface area contributed by atoms with Crippen LogP contribution in [0.15, 0.2) is 0 Å². The Morgan fingerprint density at radius 2 is 1.96 bits per heavy atom. The molecule has 0 amide bonds. The summed E-state index contributed by atoms with van der Waals surface area (Å²) in [5.74, 6) is 2.90. The number of alkyl halides is 3. The lowest BCUT2D eigenvalue weighted by atomic mass is 10.0. The van der Waals surface area contributed by atoms with E-state index in [-0.39, 0.29) is 5.19 Å². The van der Waals surface area contributed by atoms with Crippen molar-refractivity contribution in [2.45, 2.75) is 51.2 Å². The van der Waals surface area contributed by atoms with Crippen LogP contribution in [0.2, 0.25) is 0 Å². The number of rotatable bonds is 5. The number of hydrogen-bond donors (Lipinski definition) is 0. The monoisotopic (exact) mass is 360 g/mol. The Bertz CT molecular complexity index is 577. The molecule has 3 nitrogen and oxygen atoms in total. The van der Waals surface area contributed by atoms with E-state index in [2.05, 4.69) is 9.88 Å². The molecule has 0 radical (unpaired) electrons. The Morgan fingerprint density at radius 1 is 1.21 bits per heavy atom. The summed E-state index contributed by atoms with van der Waals surface area (Å²) in [5, 5.41) is 0.160. The van der Waals surface area contributed by atoms with Crippen LogP contribution in [0.3, 0.4) is 0 Å². The topological polar surface area (TPSA) is 25.4 Å². The molecule has 0 bridgehead atoms. The van der Waals surface area contributed by atoms with Gasteiger partial charge in [0.1, 0.15) is 0 Å². The summed E-state index contributed by atoms with van der Waals surface area (Å²) in [4.78, 5) is 7.76. The summed E-state index contributed by atoms with van der Waals surface area (Å²) in [6, 6.07) is 0. The second kappa shape index (κ2) is 6.48. The van der Waals surface area contributed by atoms with Crippen LogP contribution in [0.4, 0.5) is 13.2 Å². The number of fused-ring (bicyclic) bond motifs is 2. The summed E-state index contributed by atoms with van der Waals surface area (Å²) in [6.45, 7) is 1.57. The molecule has 7 heteroatoms. The molecule has 4 rings (SSSR count). The van der Waals surface area contributed by atoms with E-state index < -0.39 is 12.8 Å². The largest absolute Gasteiger partial charge is 0.460 e. The molecule has 3 aliphatic rings. The maximum atomic E-state index is 12.2. The third-order valence-electron chi connectivity index (χ3n) is 5.76. The predicted molar refractivity (Wildman–Crippen MR) is 86.2 cm³/mol. The van der Waals surface area contributed by atoms with Gasteiger partial charge in [0.05, 0.1) is 5.69 Å². The summed E-state index contributed by atoms with van der Waals surface area (Å²) >= 11 is 1.27. The van der Waals surface area contributed by atoms with Gasteiger partial charge in [-0.2, -0.15) is 13.2 Å². The van der Waals surface area contributed by atoms with Gasteiger partial charge in [-0.05, 0) is 50.0 Å². The quantitative estimate of drug-likeness (QED) is 0.784. The third-order valence-corrected chi connectivity index (χ3v) is 6.83.